The van der Waals surface area contributed by atoms with Crippen molar-refractivity contribution in [1.82, 2.24) is 15.6 Å². The molecule has 1 aromatic carbocycles. The Bertz CT molecular complexity index is 1070. The first-order valence-electron chi connectivity index (χ1n) is 10.6. The van der Waals surface area contributed by atoms with Crippen LogP contribution in [0.5, 0.6) is 0 Å². The van der Waals surface area contributed by atoms with Gasteiger partial charge in [-0.05, 0) is 50.5 Å². The highest BCUT2D eigenvalue weighted by atomic mass is 32.1. The van der Waals surface area contributed by atoms with Gasteiger partial charge in [-0.3, -0.25) is 4.79 Å². The molecule has 0 fully saturated rings. The molecule has 0 bridgehead atoms. The summed E-state index contributed by atoms with van der Waals surface area (Å²) in [4.78, 5) is 19.0. The molecule has 1 aliphatic heterocycles. The number of nitrogens with one attached hydrogen (secondary N) is 3. The van der Waals surface area contributed by atoms with Crippen molar-refractivity contribution < 1.29 is 4.79 Å². The number of anilines is 1. The van der Waals surface area contributed by atoms with Crippen LogP contribution in [0.25, 0.3) is 20.8 Å². The summed E-state index contributed by atoms with van der Waals surface area (Å²) in [6, 6.07) is 7.46. The summed E-state index contributed by atoms with van der Waals surface area (Å²) < 4.78 is 1.18. The predicted octanol–water partition coefficient (Wildman–Crippen LogP) is 5.26. The maximum atomic E-state index is 12.7. The second kappa shape index (κ2) is 8.75. The number of rotatable bonds is 6. The Hall–Kier alpha value is -1.80. The van der Waals surface area contributed by atoms with Crippen LogP contribution in [0.3, 0.4) is 0 Å². The van der Waals surface area contributed by atoms with Crippen molar-refractivity contribution in [1.29, 1.82) is 0 Å². The first-order chi connectivity index (χ1) is 14.3. The van der Waals surface area contributed by atoms with E-state index in [9.17, 15) is 4.79 Å². The standard InChI is InChI=1S/C23H30N4OS2/c1-12(2)24-9-8-19(28)27-23-20(16-11-14(4)25-15(5)21(16)30-23)22-26-17-10-13(3)6-7-18(17)29-22/h6-7,10,12,14-15,24-25H,8-9,11H2,1-5H3,(H,27,28). The molecule has 1 aliphatic rings. The van der Waals surface area contributed by atoms with Gasteiger partial charge in [0.05, 0.1) is 10.2 Å². The molecule has 3 heterocycles. The van der Waals surface area contributed by atoms with E-state index in [0.717, 1.165) is 27.5 Å². The molecule has 0 saturated heterocycles. The van der Waals surface area contributed by atoms with Crippen LogP contribution in [-0.4, -0.2) is 29.5 Å². The Morgan fingerprint density at radius 1 is 1.30 bits per heavy atom. The quantitative estimate of drug-likeness (QED) is 0.487. The third-order valence-corrected chi connectivity index (χ3v) is 7.78. The summed E-state index contributed by atoms with van der Waals surface area (Å²) in [5.74, 6) is 0.0496. The molecule has 0 saturated carbocycles. The summed E-state index contributed by atoms with van der Waals surface area (Å²) in [5.41, 5.74) is 4.71. The Balaban J connectivity index is 1.72. The van der Waals surface area contributed by atoms with Gasteiger partial charge in [-0.2, -0.15) is 0 Å². The van der Waals surface area contributed by atoms with E-state index in [4.69, 9.17) is 4.98 Å². The molecule has 3 aromatic rings. The van der Waals surface area contributed by atoms with Crippen LogP contribution in [0.2, 0.25) is 0 Å². The number of thiazole rings is 1. The lowest BCUT2D eigenvalue weighted by Crippen LogP contribution is -2.35. The van der Waals surface area contributed by atoms with Crippen LogP contribution in [-0.2, 0) is 11.2 Å². The lowest BCUT2D eigenvalue weighted by atomic mass is 9.95. The number of aryl methyl sites for hydroxylation is 1. The van der Waals surface area contributed by atoms with Gasteiger partial charge in [-0.1, -0.05) is 19.9 Å². The van der Waals surface area contributed by atoms with Crippen LogP contribution in [0, 0.1) is 6.92 Å². The highest BCUT2D eigenvalue weighted by Crippen LogP contribution is 2.47. The number of fused-ring (bicyclic) bond motifs is 2. The zero-order chi connectivity index (χ0) is 21.4. The van der Waals surface area contributed by atoms with Gasteiger partial charge in [0.25, 0.3) is 0 Å². The van der Waals surface area contributed by atoms with Gasteiger partial charge in [-0.15, -0.1) is 22.7 Å². The third-order valence-electron chi connectivity index (χ3n) is 5.39. The number of nitrogens with zero attached hydrogens (tertiary/aromatic N) is 1. The van der Waals surface area contributed by atoms with Gasteiger partial charge < -0.3 is 16.0 Å². The number of benzene rings is 1. The largest absolute Gasteiger partial charge is 0.317 e. The average molecular weight is 443 g/mol. The lowest BCUT2D eigenvalue weighted by molar-refractivity contribution is -0.116. The second-order valence-electron chi connectivity index (χ2n) is 8.54. The van der Waals surface area contributed by atoms with Crippen molar-refractivity contribution in [3.63, 3.8) is 0 Å². The minimum absolute atomic E-state index is 0.0496. The van der Waals surface area contributed by atoms with E-state index in [2.05, 4.69) is 68.8 Å². The number of hydrogen-bond acceptors (Lipinski definition) is 6. The van der Waals surface area contributed by atoms with Gasteiger partial charge in [0.15, 0.2) is 0 Å². The molecule has 0 radical (unpaired) electrons. The predicted molar refractivity (Wildman–Crippen MR) is 129 cm³/mol. The smallest absolute Gasteiger partial charge is 0.226 e. The third kappa shape index (κ3) is 4.44. The SMILES string of the molecule is Cc1ccc2sc(-c3c(NC(=O)CCNC(C)C)sc4c3CC(C)NC4C)nc2c1. The maximum absolute atomic E-state index is 12.7. The molecule has 2 unspecified atom stereocenters. The monoisotopic (exact) mass is 442 g/mol. The molecular formula is C23H30N4OS2. The number of aromatic nitrogens is 1. The summed E-state index contributed by atoms with van der Waals surface area (Å²) in [6.07, 6.45) is 1.41. The van der Waals surface area contributed by atoms with Gasteiger partial charge >= 0.3 is 0 Å². The van der Waals surface area contributed by atoms with Gasteiger partial charge in [0.2, 0.25) is 5.91 Å². The lowest BCUT2D eigenvalue weighted by Gasteiger charge is -2.26. The van der Waals surface area contributed by atoms with E-state index in [1.807, 2.05) is 0 Å². The van der Waals surface area contributed by atoms with Gasteiger partial charge in [-0.25, -0.2) is 4.98 Å². The molecular weight excluding hydrogens is 412 g/mol. The molecule has 30 heavy (non-hydrogen) atoms. The Morgan fingerprint density at radius 3 is 2.87 bits per heavy atom. The molecule has 0 aliphatic carbocycles. The topological polar surface area (TPSA) is 66.1 Å². The summed E-state index contributed by atoms with van der Waals surface area (Å²) in [7, 11) is 0. The fraction of sp³-hybridized carbons (Fsp3) is 0.478. The normalized spacial score (nSPS) is 18.7. The van der Waals surface area contributed by atoms with Crippen LogP contribution in [0.15, 0.2) is 18.2 Å². The molecule has 2 atom stereocenters. The Morgan fingerprint density at radius 2 is 2.10 bits per heavy atom. The van der Waals surface area contributed by atoms with E-state index >= 15 is 0 Å². The van der Waals surface area contributed by atoms with Crippen LogP contribution < -0.4 is 16.0 Å². The Kier molecular flexibility index (Phi) is 6.25. The summed E-state index contributed by atoms with van der Waals surface area (Å²) >= 11 is 3.41. The molecule has 4 rings (SSSR count). The molecule has 5 nitrogen and oxygen atoms in total. The molecule has 0 spiro atoms. The Labute approximate surface area is 186 Å². The summed E-state index contributed by atoms with van der Waals surface area (Å²) in [5, 5.41) is 12.1. The number of amides is 1. The van der Waals surface area contributed by atoms with E-state index in [1.54, 1.807) is 22.7 Å². The van der Waals surface area contributed by atoms with Crippen molar-refractivity contribution in [3.05, 3.63) is 34.2 Å². The number of carbonyl (C=O) groups excluding carboxylic acids is 1. The van der Waals surface area contributed by atoms with Crippen LogP contribution in [0.4, 0.5) is 5.00 Å². The van der Waals surface area contributed by atoms with Crippen LogP contribution >= 0.6 is 22.7 Å². The van der Waals surface area contributed by atoms with Crippen LogP contribution in [0.1, 0.15) is 56.2 Å². The minimum Gasteiger partial charge on any atom is -0.317 e. The zero-order valence-electron chi connectivity index (χ0n) is 18.3. The van der Waals surface area contributed by atoms with Crippen molar-refractivity contribution in [2.75, 3.05) is 11.9 Å². The fourth-order valence-electron chi connectivity index (χ4n) is 4.02. The van der Waals surface area contributed by atoms with E-state index in [1.165, 1.54) is 20.7 Å². The van der Waals surface area contributed by atoms with E-state index in [0.29, 0.717) is 25.0 Å². The maximum Gasteiger partial charge on any atom is 0.226 e. The first kappa shape index (κ1) is 21.4. The van der Waals surface area contributed by atoms with E-state index < -0.39 is 0 Å². The molecule has 7 heteroatoms. The molecule has 3 N–H and O–H groups in total. The van der Waals surface area contributed by atoms with Gasteiger partial charge in [0, 0.05) is 41.5 Å². The molecule has 2 aromatic heterocycles. The highest BCUT2D eigenvalue weighted by Gasteiger charge is 2.30. The number of carbonyl (C=O) groups is 1. The number of thiophene rings is 1. The minimum atomic E-state index is 0.0496. The number of hydrogen-bond donors (Lipinski definition) is 3. The van der Waals surface area contributed by atoms with Crippen molar-refractivity contribution in [2.24, 2.45) is 0 Å². The van der Waals surface area contributed by atoms with Crippen molar-refractivity contribution in [2.45, 2.75) is 65.6 Å². The first-order valence-corrected chi connectivity index (χ1v) is 12.3. The second-order valence-corrected chi connectivity index (χ2v) is 10.6. The highest BCUT2D eigenvalue weighted by molar-refractivity contribution is 7.23. The van der Waals surface area contributed by atoms with Gasteiger partial charge in [0.1, 0.15) is 10.0 Å². The molecule has 160 valence electrons. The van der Waals surface area contributed by atoms with Crippen molar-refractivity contribution >= 4 is 43.8 Å². The van der Waals surface area contributed by atoms with E-state index in [-0.39, 0.29) is 11.9 Å². The van der Waals surface area contributed by atoms with Crippen molar-refractivity contribution in [3.8, 4) is 10.6 Å². The molecule has 1 amide bonds. The zero-order valence-corrected chi connectivity index (χ0v) is 19.9. The average Bonchev–Trinajstić information content (AvgIpc) is 3.21. The fourth-order valence-corrected chi connectivity index (χ4v) is 6.37. The summed E-state index contributed by atoms with van der Waals surface area (Å²) in [6.45, 7) is 11.4.